The van der Waals surface area contributed by atoms with E-state index >= 15 is 0 Å². The van der Waals surface area contributed by atoms with E-state index in [1.165, 1.54) is 0 Å². The Bertz CT molecular complexity index is 354. The summed E-state index contributed by atoms with van der Waals surface area (Å²) in [4.78, 5) is 8.45. The van der Waals surface area contributed by atoms with Gasteiger partial charge in [-0.1, -0.05) is 6.92 Å². The Balaban J connectivity index is 2.87. The van der Waals surface area contributed by atoms with Crippen molar-refractivity contribution in [1.29, 1.82) is 0 Å². The number of anilines is 2. The third-order valence-electron chi connectivity index (χ3n) is 2.50. The molecule has 1 heterocycles. The van der Waals surface area contributed by atoms with Crippen LogP contribution in [0, 0.1) is 13.8 Å². The van der Waals surface area contributed by atoms with Crippen molar-refractivity contribution in [3.63, 3.8) is 0 Å². The number of rotatable bonds is 5. The number of nitrogen functional groups attached to an aromatic ring is 1. The van der Waals surface area contributed by atoms with Crippen LogP contribution in [0.25, 0.3) is 0 Å². The molecule has 0 radical (unpaired) electrons. The van der Waals surface area contributed by atoms with Gasteiger partial charge in [0.25, 0.3) is 0 Å². The summed E-state index contributed by atoms with van der Waals surface area (Å²) >= 11 is 0. The molecule has 5 heteroatoms. The molecule has 0 saturated heterocycles. The zero-order valence-electron chi connectivity index (χ0n) is 10.4. The first-order valence-corrected chi connectivity index (χ1v) is 5.44. The monoisotopic (exact) mass is 224 g/mol. The zero-order chi connectivity index (χ0) is 12.1. The number of hydrogen-bond donors (Lipinski definition) is 2. The van der Waals surface area contributed by atoms with Gasteiger partial charge in [-0.2, -0.15) is 0 Å². The number of nitrogens with two attached hydrogens (primary N) is 1. The van der Waals surface area contributed by atoms with Crippen LogP contribution in [-0.2, 0) is 4.74 Å². The molecule has 5 nitrogen and oxygen atoms in total. The molecule has 0 fully saturated rings. The van der Waals surface area contributed by atoms with Crippen LogP contribution >= 0.6 is 0 Å². The van der Waals surface area contributed by atoms with Crippen LogP contribution in [0.1, 0.15) is 24.7 Å². The number of nitrogens with zero attached hydrogens (tertiary/aromatic N) is 2. The lowest BCUT2D eigenvalue weighted by Crippen LogP contribution is -2.25. The van der Waals surface area contributed by atoms with Gasteiger partial charge in [0.05, 0.1) is 12.6 Å². The number of aromatic nitrogens is 2. The van der Waals surface area contributed by atoms with Gasteiger partial charge in [0.2, 0.25) is 0 Å². The third kappa shape index (κ3) is 3.06. The SMILES string of the molecule is CCC(COC)Nc1nc(C)nc(N)c1C. The number of ether oxygens (including phenoxy) is 1. The molecule has 1 unspecified atom stereocenters. The van der Waals surface area contributed by atoms with E-state index in [0.717, 1.165) is 17.8 Å². The van der Waals surface area contributed by atoms with Gasteiger partial charge in [0.15, 0.2) is 0 Å². The van der Waals surface area contributed by atoms with Crippen LogP contribution < -0.4 is 11.1 Å². The molecule has 0 aliphatic carbocycles. The van der Waals surface area contributed by atoms with E-state index in [0.29, 0.717) is 18.2 Å². The van der Waals surface area contributed by atoms with Crippen LogP contribution in [0.3, 0.4) is 0 Å². The standard InChI is InChI=1S/C11H20N4O/c1-5-9(6-16-4)15-11-7(2)10(12)13-8(3)14-11/h9H,5-6H2,1-4H3,(H3,12,13,14,15). The second kappa shape index (κ2) is 5.65. The fourth-order valence-electron chi connectivity index (χ4n) is 1.45. The maximum atomic E-state index is 5.79. The Morgan fingerprint density at radius 3 is 2.62 bits per heavy atom. The van der Waals surface area contributed by atoms with Crippen molar-refractivity contribution in [3.05, 3.63) is 11.4 Å². The highest BCUT2D eigenvalue weighted by Crippen LogP contribution is 2.18. The lowest BCUT2D eigenvalue weighted by atomic mass is 10.2. The second-order valence-corrected chi connectivity index (χ2v) is 3.83. The highest BCUT2D eigenvalue weighted by Gasteiger charge is 2.11. The zero-order valence-corrected chi connectivity index (χ0v) is 10.4. The Labute approximate surface area is 96.4 Å². The Morgan fingerprint density at radius 1 is 1.38 bits per heavy atom. The van der Waals surface area contributed by atoms with Crippen molar-refractivity contribution >= 4 is 11.6 Å². The molecule has 1 aromatic rings. The summed E-state index contributed by atoms with van der Waals surface area (Å²) in [7, 11) is 1.69. The van der Waals surface area contributed by atoms with Crippen molar-refractivity contribution in [1.82, 2.24) is 9.97 Å². The van der Waals surface area contributed by atoms with Gasteiger partial charge in [0, 0.05) is 12.7 Å². The van der Waals surface area contributed by atoms with Gasteiger partial charge in [-0.25, -0.2) is 9.97 Å². The fourth-order valence-corrected chi connectivity index (χ4v) is 1.45. The Morgan fingerprint density at radius 2 is 2.06 bits per heavy atom. The Hall–Kier alpha value is -1.36. The lowest BCUT2D eigenvalue weighted by molar-refractivity contribution is 0.184. The number of aryl methyl sites for hydroxylation is 1. The molecule has 0 aromatic carbocycles. The first-order valence-electron chi connectivity index (χ1n) is 5.44. The molecule has 0 amide bonds. The van der Waals surface area contributed by atoms with Crippen LogP contribution in [0.15, 0.2) is 0 Å². The average molecular weight is 224 g/mol. The molecule has 0 aliphatic heterocycles. The minimum Gasteiger partial charge on any atom is -0.383 e. The van der Waals surface area contributed by atoms with Crippen LogP contribution in [0.4, 0.5) is 11.6 Å². The summed E-state index contributed by atoms with van der Waals surface area (Å²) in [5.74, 6) is 2.01. The van der Waals surface area contributed by atoms with E-state index < -0.39 is 0 Å². The van der Waals surface area contributed by atoms with Crippen LogP contribution in [-0.4, -0.2) is 29.7 Å². The summed E-state index contributed by atoms with van der Waals surface area (Å²) in [6.07, 6.45) is 0.968. The predicted octanol–water partition coefficient (Wildman–Crippen LogP) is 1.51. The van der Waals surface area contributed by atoms with Crippen molar-refractivity contribution in [3.8, 4) is 0 Å². The van der Waals surface area contributed by atoms with E-state index in [-0.39, 0.29) is 6.04 Å². The molecule has 1 atom stereocenters. The van der Waals surface area contributed by atoms with Gasteiger partial charge in [-0.3, -0.25) is 0 Å². The Kier molecular flexibility index (Phi) is 4.49. The highest BCUT2D eigenvalue weighted by atomic mass is 16.5. The molecule has 16 heavy (non-hydrogen) atoms. The normalized spacial score (nSPS) is 12.5. The predicted molar refractivity (Wildman–Crippen MR) is 65.5 cm³/mol. The van der Waals surface area contributed by atoms with E-state index in [1.807, 2.05) is 13.8 Å². The van der Waals surface area contributed by atoms with Crippen LogP contribution in [0.5, 0.6) is 0 Å². The average Bonchev–Trinajstić information content (AvgIpc) is 2.24. The maximum absolute atomic E-state index is 5.79. The summed E-state index contributed by atoms with van der Waals surface area (Å²) in [5, 5.41) is 3.32. The summed E-state index contributed by atoms with van der Waals surface area (Å²) in [6, 6.07) is 0.248. The fraction of sp³-hybridized carbons (Fsp3) is 0.636. The van der Waals surface area contributed by atoms with Gasteiger partial charge >= 0.3 is 0 Å². The molecule has 1 aromatic heterocycles. The highest BCUT2D eigenvalue weighted by molar-refractivity contribution is 5.55. The van der Waals surface area contributed by atoms with Gasteiger partial charge < -0.3 is 15.8 Å². The molecule has 3 N–H and O–H groups in total. The topological polar surface area (TPSA) is 73.1 Å². The maximum Gasteiger partial charge on any atom is 0.135 e. The molecule has 0 bridgehead atoms. The van der Waals surface area contributed by atoms with Gasteiger partial charge in [-0.05, 0) is 20.3 Å². The lowest BCUT2D eigenvalue weighted by Gasteiger charge is -2.18. The molecule has 0 aliphatic rings. The molecular formula is C11H20N4O. The molecule has 0 saturated carbocycles. The second-order valence-electron chi connectivity index (χ2n) is 3.83. The number of nitrogens with one attached hydrogen (secondary N) is 1. The van der Waals surface area contributed by atoms with Gasteiger partial charge in [-0.15, -0.1) is 0 Å². The molecule has 0 spiro atoms. The minimum atomic E-state index is 0.248. The largest absolute Gasteiger partial charge is 0.383 e. The van der Waals surface area contributed by atoms with E-state index in [1.54, 1.807) is 7.11 Å². The first-order chi connectivity index (χ1) is 7.58. The quantitative estimate of drug-likeness (QED) is 0.793. The molecule has 90 valence electrons. The van der Waals surface area contributed by atoms with Crippen molar-refractivity contribution in [2.24, 2.45) is 0 Å². The van der Waals surface area contributed by atoms with E-state index in [9.17, 15) is 0 Å². The summed E-state index contributed by atoms with van der Waals surface area (Å²) < 4.78 is 5.13. The number of methoxy groups -OCH3 is 1. The number of hydrogen-bond acceptors (Lipinski definition) is 5. The third-order valence-corrected chi connectivity index (χ3v) is 2.50. The van der Waals surface area contributed by atoms with Crippen molar-refractivity contribution < 1.29 is 4.74 Å². The molecular weight excluding hydrogens is 204 g/mol. The first kappa shape index (κ1) is 12.7. The van der Waals surface area contributed by atoms with Gasteiger partial charge in [0.1, 0.15) is 17.5 Å². The minimum absolute atomic E-state index is 0.248. The van der Waals surface area contributed by atoms with Crippen molar-refractivity contribution in [2.45, 2.75) is 33.2 Å². The summed E-state index contributed by atoms with van der Waals surface area (Å²) in [6.45, 7) is 6.50. The van der Waals surface area contributed by atoms with Crippen molar-refractivity contribution in [2.75, 3.05) is 24.8 Å². The molecule has 1 rings (SSSR count). The smallest absolute Gasteiger partial charge is 0.135 e. The van der Waals surface area contributed by atoms with E-state index in [2.05, 4.69) is 22.2 Å². The van der Waals surface area contributed by atoms with E-state index in [4.69, 9.17) is 10.5 Å². The summed E-state index contributed by atoms with van der Waals surface area (Å²) in [5.41, 5.74) is 6.68. The van der Waals surface area contributed by atoms with Crippen LogP contribution in [0.2, 0.25) is 0 Å².